The summed E-state index contributed by atoms with van der Waals surface area (Å²) in [6.45, 7) is 0.207. The normalized spacial score (nSPS) is 21.7. The molecule has 2 unspecified atom stereocenters. The van der Waals surface area contributed by atoms with Gasteiger partial charge in [0.15, 0.2) is 5.82 Å². The van der Waals surface area contributed by atoms with Crippen molar-refractivity contribution < 1.29 is 18.6 Å². The Balaban J connectivity index is 1.60. The van der Waals surface area contributed by atoms with Crippen LogP contribution in [-0.2, 0) is 18.6 Å². The van der Waals surface area contributed by atoms with Crippen molar-refractivity contribution >= 4 is 25.8 Å². The molecule has 3 N–H and O–H groups in total. The van der Waals surface area contributed by atoms with Gasteiger partial charge in [-0.15, -0.1) is 4.52 Å². The van der Waals surface area contributed by atoms with Gasteiger partial charge in [-0.25, -0.2) is 9.50 Å². The molecule has 1 aliphatic heterocycles. The summed E-state index contributed by atoms with van der Waals surface area (Å²) in [7, 11) is -2.05. The van der Waals surface area contributed by atoms with E-state index in [0.717, 1.165) is 24.1 Å². The average molecular weight is 338 g/mol. The molecule has 3 heterocycles. The van der Waals surface area contributed by atoms with E-state index in [4.69, 9.17) is 15.0 Å². The standard InChI is InChI=1S/C13H17N5O4P/c14-13-11-3-2-10(18(11)16-8-15-13)12-4-1-9(22-12)7-21-23(20)17-5-6-19/h2-3,6,8-9,12H,1,4-5,7H2,(H,17,20)(H2,14,15,16)/q+1/t9-,12?/m0/s1. The molecule has 0 saturated carbocycles. The molecule has 2 aromatic heterocycles. The van der Waals surface area contributed by atoms with E-state index in [1.807, 2.05) is 12.1 Å². The molecule has 0 radical (unpaired) electrons. The monoisotopic (exact) mass is 338 g/mol. The number of hydrogen-bond acceptors (Lipinski definition) is 7. The van der Waals surface area contributed by atoms with Crippen molar-refractivity contribution in [2.75, 3.05) is 18.9 Å². The molecule has 1 saturated heterocycles. The van der Waals surface area contributed by atoms with Gasteiger partial charge < -0.3 is 15.3 Å². The van der Waals surface area contributed by atoms with Gasteiger partial charge in [0.25, 0.3) is 0 Å². The summed E-state index contributed by atoms with van der Waals surface area (Å²) >= 11 is 0. The van der Waals surface area contributed by atoms with Crippen molar-refractivity contribution in [1.82, 2.24) is 19.7 Å². The number of nitrogens with one attached hydrogen (secondary N) is 1. The Labute approximate surface area is 133 Å². The Morgan fingerprint density at radius 1 is 1.52 bits per heavy atom. The maximum atomic E-state index is 11.4. The van der Waals surface area contributed by atoms with Crippen molar-refractivity contribution in [2.24, 2.45) is 0 Å². The summed E-state index contributed by atoms with van der Waals surface area (Å²) in [5.74, 6) is 0.419. The molecule has 0 spiro atoms. The molecule has 9 nitrogen and oxygen atoms in total. The zero-order chi connectivity index (χ0) is 16.2. The van der Waals surface area contributed by atoms with Crippen LogP contribution >= 0.6 is 8.18 Å². The molecule has 3 rings (SSSR count). The number of nitrogens with zero attached hydrogens (tertiary/aromatic N) is 3. The molecule has 10 heteroatoms. The van der Waals surface area contributed by atoms with Crippen molar-refractivity contribution in [3.8, 4) is 0 Å². The first-order valence-electron chi connectivity index (χ1n) is 7.20. The minimum absolute atomic E-state index is 0.000619. The van der Waals surface area contributed by atoms with Gasteiger partial charge in [-0.2, -0.15) is 5.10 Å². The van der Waals surface area contributed by atoms with Crippen LogP contribution < -0.4 is 10.8 Å². The van der Waals surface area contributed by atoms with Gasteiger partial charge in [0.05, 0.1) is 18.3 Å². The minimum Gasteiger partial charge on any atom is -0.382 e. The Bertz CT molecular complexity index is 721. The summed E-state index contributed by atoms with van der Waals surface area (Å²) in [6.07, 6.45) is 3.36. The van der Waals surface area contributed by atoms with Gasteiger partial charge in [0.2, 0.25) is 0 Å². The fourth-order valence-electron chi connectivity index (χ4n) is 2.57. The maximum absolute atomic E-state index is 11.4. The van der Waals surface area contributed by atoms with Crippen LogP contribution in [0.1, 0.15) is 24.6 Å². The summed E-state index contributed by atoms with van der Waals surface area (Å²) in [5.41, 5.74) is 7.46. The van der Waals surface area contributed by atoms with Gasteiger partial charge >= 0.3 is 8.18 Å². The highest BCUT2D eigenvalue weighted by Crippen LogP contribution is 2.34. The lowest BCUT2D eigenvalue weighted by Gasteiger charge is -2.12. The highest BCUT2D eigenvalue weighted by molar-refractivity contribution is 7.36. The van der Waals surface area contributed by atoms with E-state index < -0.39 is 8.18 Å². The number of hydrogen-bond donors (Lipinski definition) is 2. The van der Waals surface area contributed by atoms with Crippen LogP contribution in [0.25, 0.3) is 5.52 Å². The van der Waals surface area contributed by atoms with Crippen molar-refractivity contribution in [1.29, 1.82) is 0 Å². The Hall–Kier alpha value is -1.93. The predicted molar refractivity (Wildman–Crippen MR) is 81.9 cm³/mol. The van der Waals surface area contributed by atoms with E-state index in [9.17, 15) is 9.36 Å². The highest BCUT2D eigenvalue weighted by atomic mass is 31.1. The van der Waals surface area contributed by atoms with E-state index in [0.29, 0.717) is 12.1 Å². The molecular formula is C13H17N5O4P+. The lowest BCUT2D eigenvalue weighted by molar-refractivity contribution is -0.106. The lowest BCUT2D eigenvalue weighted by atomic mass is 10.1. The van der Waals surface area contributed by atoms with Gasteiger partial charge in [0.1, 0.15) is 30.8 Å². The number of rotatable bonds is 7. The molecule has 0 bridgehead atoms. The lowest BCUT2D eigenvalue weighted by Crippen LogP contribution is -2.16. The molecule has 2 aromatic rings. The average Bonchev–Trinajstić information content (AvgIpc) is 3.18. The number of fused-ring (bicyclic) bond motifs is 1. The van der Waals surface area contributed by atoms with Gasteiger partial charge in [-0.1, -0.05) is 5.09 Å². The summed E-state index contributed by atoms with van der Waals surface area (Å²) in [6, 6.07) is 3.78. The van der Waals surface area contributed by atoms with Gasteiger partial charge in [-0.05, 0) is 29.5 Å². The number of nitrogen functional groups attached to an aromatic ring is 1. The fraction of sp³-hybridized carbons (Fsp3) is 0.462. The zero-order valence-electron chi connectivity index (χ0n) is 12.3. The number of carbonyl (C=O) groups is 1. The van der Waals surface area contributed by atoms with Crippen LogP contribution in [0.4, 0.5) is 5.82 Å². The Morgan fingerprint density at radius 2 is 2.39 bits per heavy atom. The molecule has 1 fully saturated rings. The van der Waals surface area contributed by atoms with E-state index >= 15 is 0 Å². The van der Waals surface area contributed by atoms with Crippen LogP contribution in [0.15, 0.2) is 18.5 Å². The number of anilines is 1. The molecule has 122 valence electrons. The third kappa shape index (κ3) is 3.53. The van der Waals surface area contributed by atoms with Crippen molar-refractivity contribution in [2.45, 2.75) is 25.0 Å². The quantitative estimate of drug-likeness (QED) is 0.566. The molecule has 0 aromatic carbocycles. The van der Waals surface area contributed by atoms with Crippen LogP contribution in [0.2, 0.25) is 0 Å². The second-order valence-electron chi connectivity index (χ2n) is 5.11. The first-order chi connectivity index (χ1) is 11.2. The van der Waals surface area contributed by atoms with E-state index in [2.05, 4.69) is 15.2 Å². The molecule has 0 amide bonds. The van der Waals surface area contributed by atoms with E-state index in [1.165, 1.54) is 6.33 Å². The Morgan fingerprint density at radius 3 is 3.22 bits per heavy atom. The van der Waals surface area contributed by atoms with Gasteiger partial charge in [-0.3, -0.25) is 0 Å². The number of carbonyl (C=O) groups excluding carboxylic acids is 1. The number of ether oxygens (including phenoxy) is 1. The largest absolute Gasteiger partial charge is 0.613 e. The molecular weight excluding hydrogens is 321 g/mol. The van der Waals surface area contributed by atoms with Crippen molar-refractivity contribution in [3.05, 3.63) is 24.2 Å². The fourth-order valence-corrected chi connectivity index (χ4v) is 3.19. The minimum atomic E-state index is -2.05. The summed E-state index contributed by atoms with van der Waals surface area (Å²) < 4.78 is 24.3. The smallest absolute Gasteiger partial charge is 0.382 e. The zero-order valence-corrected chi connectivity index (χ0v) is 13.2. The molecule has 1 aliphatic rings. The molecule has 0 aliphatic carbocycles. The SMILES string of the molecule is Nc1ncnn2c(C3CC[C@@H](CO[P+](=O)NCC=O)O3)ccc12. The van der Waals surface area contributed by atoms with E-state index in [-0.39, 0.29) is 25.4 Å². The van der Waals surface area contributed by atoms with E-state index in [1.54, 1.807) is 4.52 Å². The second-order valence-corrected chi connectivity index (χ2v) is 6.20. The number of nitrogens with two attached hydrogens (primary N) is 1. The summed E-state index contributed by atoms with van der Waals surface area (Å²) in [4.78, 5) is 14.1. The first kappa shape index (κ1) is 15.9. The predicted octanol–water partition coefficient (Wildman–Crippen LogP) is 0.994. The van der Waals surface area contributed by atoms with Crippen LogP contribution in [0.3, 0.4) is 0 Å². The molecule has 23 heavy (non-hydrogen) atoms. The summed E-state index contributed by atoms with van der Waals surface area (Å²) in [5, 5.41) is 6.66. The van der Waals surface area contributed by atoms with Crippen LogP contribution in [-0.4, -0.2) is 40.1 Å². The topological polar surface area (TPSA) is 121 Å². The highest BCUT2D eigenvalue weighted by Gasteiger charge is 2.31. The second kappa shape index (κ2) is 7.10. The van der Waals surface area contributed by atoms with Crippen molar-refractivity contribution in [3.63, 3.8) is 0 Å². The Kier molecular flexibility index (Phi) is 4.92. The number of aldehydes is 1. The number of aromatic nitrogens is 3. The third-order valence-corrected chi connectivity index (χ3v) is 4.45. The van der Waals surface area contributed by atoms with Crippen LogP contribution in [0, 0.1) is 0 Å². The van der Waals surface area contributed by atoms with Gasteiger partial charge in [0, 0.05) is 0 Å². The van der Waals surface area contributed by atoms with Crippen LogP contribution in [0.5, 0.6) is 0 Å². The third-order valence-electron chi connectivity index (χ3n) is 3.63. The maximum Gasteiger partial charge on any atom is 0.613 e. The molecule has 3 atom stereocenters. The first-order valence-corrected chi connectivity index (χ1v) is 8.37.